The number of H-pyrrole nitrogens is 2. The summed E-state index contributed by atoms with van der Waals surface area (Å²) in [7, 11) is 6.99. The Morgan fingerprint density at radius 1 is 1.02 bits per heavy atom. The maximum Gasteiger partial charge on any atom is 0.319 e. The minimum atomic E-state index is -0.725. The fourth-order valence-corrected chi connectivity index (χ4v) is 12.1. The minimum Gasteiger partial charge on any atom is -0.496 e. The Morgan fingerprint density at radius 2 is 1.85 bits per heavy atom. The normalized spacial score (nSPS) is 33.2. The van der Waals surface area contributed by atoms with Crippen molar-refractivity contribution in [1.29, 1.82) is 0 Å². The largest absolute Gasteiger partial charge is 0.496 e. The number of piperidine rings is 3. The number of nitrogens with zero attached hydrogens (tertiary/aromatic N) is 2. The molecule has 9 nitrogen and oxygen atoms in total. The third-order valence-corrected chi connectivity index (χ3v) is 14.1. The second kappa shape index (κ2) is 12.5. The Morgan fingerprint density at radius 3 is 2.60 bits per heavy atom. The van der Waals surface area contributed by atoms with Crippen LogP contribution in [0.5, 0.6) is 5.75 Å². The van der Waals surface area contributed by atoms with Crippen LogP contribution in [0.1, 0.15) is 73.5 Å². The Hall–Kier alpha value is -4.08. The number of allylic oxidation sites excluding steroid dienone is 1. The molecular formula is C43H52N4O5. The van der Waals surface area contributed by atoms with Crippen molar-refractivity contribution in [2.75, 3.05) is 48.0 Å². The molecule has 0 amide bonds. The number of para-hydroxylation sites is 1. The predicted molar refractivity (Wildman–Crippen MR) is 202 cm³/mol. The Labute approximate surface area is 306 Å². The molecule has 0 spiro atoms. The lowest BCUT2D eigenvalue weighted by Crippen LogP contribution is -2.67. The summed E-state index contributed by atoms with van der Waals surface area (Å²) < 4.78 is 17.6. The van der Waals surface area contributed by atoms with Crippen molar-refractivity contribution in [3.63, 3.8) is 0 Å². The molecule has 274 valence electrons. The molecule has 4 fully saturated rings. The number of likely N-dealkylation sites (N-methyl/N-ethyl adjacent to an activating group) is 1. The average molecular weight is 705 g/mol. The van der Waals surface area contributed by atoms with Crippen molar-refractivity contribution in [3.8, 4) is 5.75 Å². The number of likely N-dealkylation sites (tertiary alicyclic amines) is 1. The number of aromatic amines is 2. The van der Waals surface area contributed by atoms with Gasteiger partial charge in [-0.25, -0.2) is 0 Å². The first-order valence-corrected chi connectivity index (χ1v) is 19.3. The SMILES string of the molecule is CC=C1CN(C)[C@@H]2Cc3c([nH]c4ccccc34)[C@@H](c3cc4[nH]c5c(c4cc3OC)CCN3CC4C[C@@H](CC)[C@@H]3[C@]5(C(=O)OC)C4)C[C@H]1[C@@H]2C(=O)OC. The molecule has 0 radical (unpaired) electrons. The number of rotatable bonds is 5. The topological polar surface area (TPSA) is 99.9 Å². The zero-order valence-corrected chi connectivity index (χ0v) is 31.4. The Balaban J connectivity index is 1.27. The summed E-state index contributed by atoms with van der Waals surface area (Å²) in [4.78, 5) is 40.8. The van der Waals surface area contributed by atoms with Gasteiger partial charge in [0.25, 0.3) is 0 Å². The van der Waals surface area contributed by atoms with E-state index in [4.69, 9.17) is 14.2 Å². The van der Waals surface area contributed by atoms with Crippen molar-refractivity contribution in [2.24, 2.45) is 23.7 Å². The van der Waals surface area contributed by atoms with Crippen LogP contribution in [0, 0.1) is 23.7 Å². The van der Waals surface area contributed by atoms with E-state index in [0.717, 1.165) is 85.2 Å². The highest BCUT2D eigenvalue weighted by molar-refractivity contribution is 5.93. The van der Waals surface area contributed by atoms with Gasteiger partial charge < -0.3 is 24.2 Å². The predicted octanol–water partition coefficient (Wildman–Crippen LogP) is 6.49. The highest BCUT2D eigenvalue weighted by Gasteiger charge is 2.62. The molecule has 6 heterocycles. The summed E-state index contributed by atoms with van der Waals surface area (Å²) in [5.41, 5.74) is 8.48. The molecule has 52 heavy (non-hydrogen) atoms. The highest BCUT2D eigenvalue weighted by atomic mass is 16.5. The number of ether oxygens (including phenoxy) is 3. The molecule has 9 atom stereocenters. The van der Waals surface area contributed by atoms with E-state index in [9.17, 15) is 9.59 Å². The molecule has 4 aliphatic heterocycles. The maximum atomic E-state index is 14.2. The van der Waals surface area contributed by atoms with E-state index < -0.39 is 5.41 Å². The van der Waals surface area contributed by atoms with Gasteiger partial charge in [0.2, 0.25) is 0 Å². The number of hydrogen-bond acceptors (Lipinski definition) is 7. The average Bonchev–Trinajstić information content (AvgIpc) is 3.69. The minimum absolute atomic E-state index is 0.00122. The first-order chi connectivity index (χ1) is 25.3. The third-order valence-electron chi connectivity index (χ3n) is 14.1. The van der Waals surface area contributed by atoms with Crippen molar-refractivity contribution in [1.82, 2.24) is 19.8 Å². The number of methoxy groups -OCH3 is 3. The number of carbonyl (C=O) groups is 2. The molecule has 6 bridgehead atoms. The molecule has 2 N–H and O–H groups in total. The molecular weight excluding hydrogens is 652 g/mol. The van der Waals surface area contributed by atoms with Crippen LogP contribution < -0.4 is 4.74 Å². The lowest BCUT2D eigenvalue weighted by molar-refractivity contribution is -0.162. The van der Waals surface area contributed by atoms with Crippen LogP contribution in [0.4, 0.5) is 0 Å². The van der Waals surface area contributed by atoms with Crippen LogP contribution in [0.2, 0.25) is 0 Å². The molecule has 10 rings (SSSR count). The number of fused-ring (bicyclic) bond motifs is 9. The van der Waals surface area contributed by atoms with Gasteiger partial charge in [-0.3, -0.25) is 19.4 Å². The number of nitrogens with one attached hydrogen (secondary N) is 2. The zero-order valence-electron chi connectivity index (χ0n) is 31.4. The van der Waals surface area contributed by atoms with Crippen LogP contribution in [-0.4, -0.2) is 91.8 Å². The van der Waals surface area contributed by atoms with E-state index in [1.54, 1.807) is 14.2 Å². The summed E-state index contributed by atoms with van der Waals surface area (Å²) in [6.45, 7) is 7.17. The van der Waals surface area contributed by atoms with E-state index in [1.807, 2.05) is 0 Å². The number of benzene rings is 2. The van der Waals surface area contributed by atoms with Crippen LogP contribution in [0.15, 0.2) is 48.0 Å². The maximum absolute atomic E-state index is 14.2. The first-order valence-electron chi connectivity index (χ1n) is 19.3. The quantitative estimate of drug-likeness (QED) is 0.181. The van der Waals surface area contributed by atoms with Gasteiger partial charge in [0, 0.05) is 76.4 Å². The van der Waals surface area contributed by atoms with Gasteiger partial charge >= 0.3 is 11.9 Å². The second-order valence-electron chi connectivity index (χ2n) is 16.3. The van der Waals surface area contributed by atoms with Crippen LogP contribution in [-0.2, 0) is 37.3 Å². The van der Waals surface area contributed by atoms with Gasteiger partial charge in [-0.1, -0.05) is 43.2 Å². The molecule has 2 aromatic heterocycles. The summed E-state index contributed by atoms with van der Waals surface area (Å²) in [6.07, 6.45) is 7.59. The lowest BCUT2D eigenvalue weighted by atomic mass is 9.56. The van der Waals surface area contributed by atoms with E-state index >= 15 is 0 Å². The summed E-state index contributed by atoms with van der Waals surface area (Å²) >= 11 is 0. The summed E-state index contributed by atoms with van der Waals surface area (Å²) in [5, 5.41) is 2.32. The van der Waals surface area contributed by atoms with Crippen LogP contribution in [0.25, 0.3) is 21.8 Å². The fourth-order valence-electron chi connectivity index (χ4n) is 12.1. The van der Waals surface area contributed by atoms with Crippen molar-refractivity contribution in [3.05, 3.63) is 76.1 Å². The Bertz CT molecular complexity index is 2110. The second-order valence-corrected chi connectivity index (χ2v) is 16.3. The monoisotopic (exact) mass is 704 g/mol. The van der Waals surface area contributed by atoms with Crippen molar-refractivity contribution < 1.29 is 23.8 Å². The summed E-state index contributed by atoms with van der Waals surface area (Å²) in [6, 6.07) is 13.2. The van der Waals surface area contributed by atoms with Gasteiger partial charge in [-0.2, -0.15) is 0 Å². The molecule has 4 aromatic rings. The van der Waals surface area contributed by atoms with E-state index in [0.29, 0.717) is 11.8 Å². The van der Waals surface area contributed by atoms with Crippen LogP contribution >= 0.6 is 0 Å². The fraction of sp³-hybridized carbons (Fsp3) is 0.535. The van der Waals surface area contributed by atoms with Gasteiger partial charge in [0.15, 0.2) is 0 Å². The van der Waals surface area contributed by atoms with Crippen molar-refractivity contribution >= 4 is 33.7 Å². The number of hydrogen-bond donors (Lipinski definition) is 2. The lowest BCUT2D eigenvalue weighted by Gasteiger charge is -2.57. The standard InChI is InChI=1S/C43H52N4O5/c1-7-24-15-23-20-43(42(49)52-6)39-27(13-14-47(21-23)40(24)43)29-19-36(50-4)30(17-34(29)45-39)31-16-28-25(8-2)22-46(3)35(37(28)41(48)51-5)18-32-26-11-9-10-12-33(26)44-38(31)32/h8-12,17,19,23-24,28,31,35,37,40,44-45H,7,13-16,18,20-22H2,1-6H3/t23?,24-,28-,31-,35-,37+,40-,43+/m1/s1. The van der Waals surface area contributed by atoms with E-state index in [-0.39, 0.29) is 41.8 Å². The molecule has 9 heteroatoms. The summed E-state index contributed by atoms with van der Waals surface area (Å²) in [5.74, 6) is 1.11. The molecule has 2 unspecified atom stereocenters. The zero-order chi connectivity index (χ0) is 36.1. The van der Waals surface area contributed by atoms with Crippen LogP contribution in [0.3, 0.4) is 0 Å². The van der Waals surface area contributed by atoms with Gasteiger partial charge in [-0.15, -0.1) is 0 Å². The molecule has 6 aliphatic rings. The molecule has 2 aromatic carbocycles. The Kier molecular flexibility index (Phi) is 8.12. The third kappa shape index (κ3) is 4.67. The number of aromatic nitrogens is 2. The van der Waals surface area contributed by atoms with E-state index in [2.05, 4.69) is 83.1 Å². The molecule has 1 saturated carbocycles. The van der Waals surface area contributed by atoms with Gasteiger partial charge in [0.1, 0.15) is 11.2 Å². The smallest absolute Gasteiger partial charge is 0.319 e. The molecule has 2 aliphatic carbocycles. The first kappa shape index (κ1) is 33.7. The van der Waals surface area contributed by atoms with Crippen molar-refractivity contribution in [2.45, 2.75) is 75.8 Å². The van der Waals surface area contributed by atoms with E-state index in [1.165, 1.54) is 41.3 Å². The van der Waals surface area contributed by atoms with Gasteiger partial charge in [-0.05, 0) is 93.2 Å². The van der Waals surface area contributed by atoms with Gasteiger partial charge in [0.05, 0.1) is 27.2 Å². The number of esters is 2. The molecule has 3 saturated heterocycles. The highest BCUT2D eigenvalue weighted by Crippen LogP contribution is 2.56. The number of carbonyl (C=O) groups excluding carboxylic acids is 2.